The van der Waals surface area contributed by atoms with E-state index in [1.807, 2.05) is 0 Å². The molecule has 0 bridgehead atoms. The number of carboxylic acid groups (broad SMARTS) is 1. The van der Waals surface area contributed by atoms with E-state index < -0.39 is 11.5 Å². The standard InChI is InChI=1S/C7H5N3O2.Ag.Na/c11-6(12)7-4-2-1-3-5(7)8-10-9-7;;/h1-4H,(H,11,12);;/q;;+1/p-1. The summed E-state index contributed by atoms with van der Waals surface area (Å²) in [5, 5.41) is 21.1. The Morgan fingerprint density at radius 1 is 1.43 bits per heavy atom. The Labute approximate surface area is 118 Å². The Bertz CT molecular complexity index is 364. The van der Waals surface area contributed by atoms with E-state index in [4.69, 9.17) is 0 Å². The fourth-order valence-electron chi connectivity index (χ4n) is 1.10. The number of carbonyl (C=O) groups excluding carboxylic acids is 1. The molecule has 14 heavy (non-hydrogen) atoms. The molecule has 1 unspecified atom stereocenters. The molecule has 1 atom stereocenters. The summed E-state index contributed by atoms with van der Waals surface area (Å²) in [4.78, 5) is 10.7. The molecule has 0 saturated carbocycles. The summed E-state index contributed by atoms with van der Waals surface area (Å²) in [6.07, 6.45) is 6.21. The first-order valence-corrected chi connectivity index (χ1v) is 3.33. The number of aliphatic carboxylic acids is 1. The molecule has 1 radical (unpaired) electrons. The van der Waals surface area contributed by atoms with Gasteiger partial charge in [0.2, 0.25) is 0 Å². The van der Waals surface area contributed by atoms with Crippen LogP contribution in [0.25, 0.3) is 0 Å². The number of allylic oxidation sites excluding steroid dienone is 2. The van der Waals surface area contributed by atoms with Gasteiger partial charge in [-0.1, -0.05) is 12.2 Å². The molecule has 0 aromatic rings. The van der Waals surface area contributed by atoms with Crippen LogP contribution in [0.15, 0.2) is 39.7 Å². The second kappa shape index (κ2) is 5.16. The molecule has 1 aliphatic carbocycles. The third-order valence-corrected chi connectivity index (χ3v) is 1.76. The maximum Gasteiger partial charge on any atom is 1.00 e. The average molecular weight is 293 g/mol. The Morgan fingerprint density at radius 2 is 2.14 bits per heavy atom. The third kappa shape index (κ3) is 1.98. The molecule has 1 heterocycles. The van der Waals surface area contributed by atoms with Crippen LogP contribution in [0.1, 0.15) is 0 Å². The number of hydrogen-bond donors (Lipinski definition) is 0. The zero-order chi connectivity index (χ0) is 8.60. The van der Waals surface area contributed by atoms with Crippen molar-refractivity contribution in [1.82, 2.24) is 0 Å². The topological polar surface area (TPSA) is 77.2 Å². The van der Waals surface area contributed by atoms with Crippen LogP contribution in [0.3, 0.4) is 0 Å². The molecular weight excluding hydrogens is 289 g/mol. The Morgan fingerprint density at radius 3 is 2.71 bits per heavy atom. The van der Waals surface area contributed by atoms with E-state index in [9.17, 15) is 9.90 Å². The zero-order valence-electron chi connectivity index (χ0n) is 7.27. The van der Waals surface area contributed by atoms with Gasteiger partial charge in [0.25, 0.3) is 0 Å². The molecule has 0 amide bonds. The van der Waals surface area contributed by atoms with Crippen LogP contribution in [0.4, 0.5) is 0 Å². The summed E-state index contributed by atoms with van der Waals surface area (Å²) < 4.78 is 0. The molecule has 0 saturated heterocycles. The monoisotopic (exact) mass is 292 g/mol. The van der Waals surface area contributed by atoms with Crippen molar-refractivity contribution >= 4 is 11.7 Å². The van der Waals surface area contributed by atoms with Crippen molar-refractivity contribution in [2.75, 3.05) is 0 Å². The Balaban J connectivity index is 0.000000845. The van der Waals surface area contributed by atoms with Gasteiger partial charge in [-0.15, -0.1) is 10.2 Å². The fraction of sp³-hybridized carbons (Fsp3) is 0.143. The van der Waals surface area contributed by atoms with Gasteiger partial charge in [-0.2, -0.15) is 0 Å². The number of nitrogens with zero attached hydrogens (tertiary/aromatic N) is 3. The van der Waals surface area contributed by atoms with Gasteiger partial charge in [-0.05, 0) is 17.4 Å². The summed E-state index contributed by atoms with van der Waals surface area (Å²) in [5.41, 5.74) is -1.17. The molecule has 0 N–H and O–H groups in total. The average Bonchev–Trinajstić information content (AvgIpc) is 2.48. The van der Waals surface area contributed by atoms with Gasteiger partial charge in [0.1, 0.15) is 5.71 Å². The minimum absolute atomic E-state index is 0. The van der Waals surface area contributed by atoms with Gasteiger partial charge >= 0.3 is 29.6 Å². The van der Waals surface area contributed by atoms with Crippen LogP contribution < -0.4 is 34.7 Å². The molecule has 0 aromatic heterocycles. The predicted molar refractivity (Wildman–Crippen MR) is 38.3 cm³/mol. The van der Waals surface area contributed by atoms with Gasteiger partial charge in [-0.3, -0.25) is 0 Å². The first-order chi connectivity index (χ1) is 5.76. The van der Waals surface area contributed by atoms with E-state index in [0.29, 0.717) is 5.71 Å². The van der Waals surface area contributed by atoms with Gasteiger partial charge in [-0.25, -0.2) is 0 Å². The van der Waals surface area contributed by atoms with Crippen LogP contribution in [0.2, 0.25) is 0 Å². The van der Waals surface area contributed by atoms with Gasteiger partial charge in [0, 0.05) is 22.4 Å². The summed E-state index contributed by atoms with van der Waals surface area (Å²) in [5.74, 6) is -1.30. The molecule has 5 nitrogen and oxygen atoms in total. The number of fused-ring (bicyclic) bond motifs is 1. The number of hydrogen-bond acceptors (Lipinski definition) is 5. The van der Waals surface area contributed by atoms with Crippen molar-refractivity contribution in [3.8, 4) is 0 Å². The minimum Gasteiger partial charge on any atom is -0.547 e. The molecule has 0 fully saturated rings. The first-order valence-electron chi connectivity index (χ1n) is 3.33. The van der Waals surface area contributed by atoms with Crippen molar-refractivity contribution in [1.29, 1.82) is 0 Å². The van der Waals surface area contributed by atoms with Crippen molar-refractivity contribution in [2.24, 2.45) is 15.4 Å². The largest absolute Gasteiger partial charge is 1.00 e. The van der Waals surface area contributed by atoms with Gasteiger partial charge in [0.15, 0.2) is 5.54 Å². The Hall–Kier alpha value is -0.0397. The molecule has 1 aliphatic heterocycles. The predicted octanol–water partition coefficient (Wildman–Crippen LogP) is -3.58. The summed E-state index contributed by atoms with van der Waals surface area (Å²) in [7, 11) is 0. The molecule has 71 valence electrons. The normalized spacial score (nSPS) is 25.9. The van der Waals surface area contributed by atoms with Crippen molar-refractivity contribution in [3.05, 3.63) is 24.3 Å². The zero-order valence-corrected chi connectivity index (χ0v) is 10.8. The number of rotatable bonds is 1. The van der Waals surface area contributed by atoms with Crippen LogP contribution in [0.5, 0.6) is 0 Å². The fourth-order valence-corrected chi connectivity index (χ4v) is 1.10. The first kappa shape index (κ1) is 14.0. The van der Waals surface area contributed by atoms with Gasteiger partial charge < -0.3 is 9.90 Å². The summed E-state index contributed by atoms with van der Waals surface area (Å²) in [6, 6.07) is 0. The third-order valence-electron chi connectivity index (χ3n) is 1.76. The summed E-state index contributed by atoms with van der Waals surface area (Å²) in [6.45, 7) is 0. The summed E-state index contributed by atoms with van der Waals surface area (Å²) >= 11 is 0. The van der Waals surface area contributed by atoms with Crippen molar-refractivity contribution in [2.45, 2.75) is 5.54 Å². The molecular formula is C7H4AgN3NaO2. The smallest absolute Gasteiger partial charge is 0.547 e. The van der Waals surface area contributed by atoms with Crippen LogP contribution in [0, 0.1) is 0 Å². The Kier molecular flexibility index (Phi) is 5.14. The molecule has 2 aliphatic rings. The maximum absolute atomic E-state index is 10.7. The van der Waals surface area contributed by atoms with E-state index in [1.54, 1.807) is 18.2 Å². The number of carbonyl (C=O) groups is 1. The van der Waals surface area contributed by atoms with Crippen LogP contribution in [-0.2, 0) is 27.2 Å². The second-order valence-electron chi connectivity index (χ2n) is 2.45. The van der Waals surface area contributed by atoms with Crippen molar-refractivity contribution < 1.29 is 61.8 Å². The maximum atomic E-state index is 10.7. The van der Waals surface area contributed by atoms with E-state index in [0.717, 1.165) is 0 Å². The molecule has 2 rings (SSSR count). The minimum atomic E-state index is -1.46. The van der Waals surface area contributed by atoms with Gasteiger partial charge in [0.05, 0.1) is 5.97 Å². The SMILES string of the molecule is O=C([O-])C12C=CC=CC1=NN=N2.[Ag].[Na+]. The quantitative estimate of drug-likeness (QED) is 0.469. The molecule has 0 aromatic carbocycles. The molecule has 7 heteroatoms. The number of carboxylic acids is 1. The van der Waals surface area contributed by atoms with E-state index in [1.165, 1.54) is 6.08 Å². The van der Waals surface area contributed by atoms with Crippen molar-refractivity contribution in [3.63, 3.8) is 0 Å². The molecule has 0 spiro atoms. The van der Waals surface area contributed by atoms with Crippen LogP contribution >= 0.6 is 0 Å². The van der Waals surface area contributed by atoms with E-state index >= 15 is 0 Å². The second-order valence-corrected chi connectivity index (χ2v) is 2.45. The van der Waals surface area contributed by atoms with E-state index in [-0.39, 0.29) is 51.9 Å². The van der Waals surface area contributed by atoms with E-state index in [2.05, 4.69) is 15.4 Å². The van der Waals surface area contributed by atoms with Crippen LogP contribution in [-0.4, -0.2) is 17.2 Å².